The third-order valence-electron chi connectivity index (χ3n) is 2.75. The van der Waals surface area contributed by atoms with E-state index in [9.17, 15) is 9.90 Å². The van der Waals surface area contributed by atoms with Gasteiger partial charge >= 0.3 is 0 Å². The summed E-state index contributed by atoms with van der Waals surface area (Å²) in [5.74, 6) is 0.00196. The smallest absolute Gasteiger partial charge is 0.193 e. The summed E-state index contributed by atoms with van der Waals surface area (Å²) in [6, 6.07) is 13.6. The van der Waals surface area contributed by atoms with Crippen molar-refractivity contribution in [2.45, 2.75) is 6.42 Å². The molecule has 0 bridgehead atoms. The first-order valence-electron chi connectivity index (χ1n) is 5.75. The van der Waals surface area contributed by atoms with E-state index >= 15 is 0 Å². The number of ketones is 1. The molecule has 0 aliphatic heterocycles. The molecule has 0 spiro atoms. The Morgan fingerprint density at radius 3 is 2.44 bits per heavy atom. The maximum atomic E-state index is 12.3. The van der Waals surface area contributed by atoms with Crippen LogP contribution < -0.4 is 0 Å². The highest BCUT2D eigenvalue weighted by molar-refractivity contribution is 6.10. The van der Waals surface area contributed by atoms with Crippen LogP contribution in [0, 0.1) is 0 Å². The molecule has 0 amide bonds. The lowest BCUT2D eigenvalue weighted by Gasteiger charge is -2.08. The maximum absolute atomic E-state index is 12.3. The fourth-order valence-corrected chi connectivity index (χ4v) is 1.87. The summed E-state index contributed by atoms with van der Waals surface area (Å²) in [5.41, 5.74) is 1.78. The molecule has 3 nitrogen and oxygen atoms in total. The van der Waals surface area contributed by atoms with E-state index < -0.39 is 0 Å². The summed E-state index contributed by atoms with van der Waals surface area (Å²) in [4.78, 5) is 12.3. The van der Waals surface area contributed by atoms with Crippen molar-refractivity contribution in [2.24, 2.45) is 0 Å². The quantitative estimate of drug-likeness (QED) is 0.808. The molecule has 2 rings (SSSR count). The van der Waals surface area contributed by atoms with Gasteiger partial charge < -0.3 is 10.2 Å². The maximum Gasteiger partial charge on any atom is 0.193 e. The molecule has 0 fully saturated rings. The highest BCUT2D eigenvalue weighted by Gasteiger charge is 2.13. The van der Waals surface area contributed by atoms with E-state index in [1.165, 1.54) is 12.1 Å². The molecule has 18 heavy (non-hydrogen) atoms. The summed E-state index contributed by atoms with van der Waals surface area (Å²) in [7, 11) is 0. The molecule has 0 aromatic heterocycles. The first kappa shape index (κ1) is 12.3. The van der Waals surface area contributed by atoms with Gasteiger partial charge in [-0.05, 0) is 30.2 Å². The molecule has 0 unspecified atom stereocenters. The van der Waals surface area contributed by atoms with Crippen LogP contribution in [0.4, 0.5) is 0 Å². The standard InChI is InChI=1S/C15H14O3/c16-9-8-12-10-13(17)6-7-14(12)15(18)11-4-2-1-3-5-11/h1-7,10,16-17H,8-9H2. The average molecular weight is 242 g/mol. The third-order valence-corrected chi connectivity index (χ3v) is 2.75. The molecule has 0 heterocycles. The van der Waals surface area contributed by atoms with Gasteiger partial charge in [0, 0.05) is 17.7 Å². The number of hydrogen-bond acceptors (Lipinski definition) is 3. The Balaban J connectivity index is 2.41. The second-order valence-corrected chi connectivity index (χ2v) is 4.01. The molecule has 2 aromatic carbocycles. The van der Waals surface area contributed by atoms with E-state index in [0.717, 1.165) is 0 Å². The van der Waals surface area contributed by atoms with Crippen molar-refractivity contribution in [1.29, 1.82) is 0 Å². The first-order valence-corrected chi connectivity index (χ1v) is 5.75. The molecular formula is C15H14O3. The Morgan fingerprint density at radius 2 is 1.78 bits per heavy atom. The number of aliphatic hydroxyl groups is 1. The summed E-state index contributed by atoms with van der Waals surface area (Å²) in [5, 5.41) is 18.4. The molecule has 0 atom stereocenters. The summed E-state index contributed by atoms with van der Waals surface area (Å²) in [6.45, 7) is -0.0570. The number of benzene rings is 2. The Kier molecular flexibility index (Phi) is 3.75. The van der Waals surface area contributed by atoms with Crippen LogP contribution in [0.25, 0.3) is 0 Å². The van der Waals surface area contributed by atoms with Crippen LogP contribution in [0.5, 0.6) is 5.75 Å². The number of phenols is 1. The van der Waals surface area contributed by atoms with Gasteiger partial charge in [-0.25, -0.2) is 0 Å². The minimum Gasteiger partial charge on any atom is -0.508 e. The highest BCUT2D eigenvalue weighted by atomic mass is 16.3. The van der Waals surface area contributed by atoms with Crippen molar-refractivity contribution >= 4 is 5.78 Å². The lowest BCUT2D eigenvalue weighted by atomic mass is 9.96. The first-order chi connectivity index (χ1) is 8.72. The van der Waals surface area contributed by atoms with Crippen LogP contribution in [0.2, 0.25) is 0 Å². The molecule has 2 aromatic rings. The van der Waals surface area contributed by atoms with E-state index in [-0.39, 0.29) is 18.1 Å². The van der Waals surface area contributed by atoms with Gasteiger partial charge in [-0.15, -0.1) is 0 Å². The second kappa shape index (κ2) is 5.47. The van der Waals surface area contributed by atoms with Gasteiger partial charge in [0.15, 0.2) is 5.78 Å². The lowest BCUT2D eigenvalue weighted by molar-refractivity contribution is 0.103. The number of phenolic OH excluding ortho intramolecular Hbond substituents is 1. The van der Waals surface area contributed by atoms with Crippen LogP contribution >= 0.6 is 0 Å². The molecule has 0 radical (unpaired) electrons. The zero-order valence-electron chi connectivity index (χ0n) is 9.84. The molecule has 0 saturated carbocycles. The van der Waals surface area contributed by atoms with Crippen molar-refractivity contribution in [3.8, 4) is 5.75 Å². The van der Waals surface area contributed by atoms with E-state index in [2.05, 4.69) is 0 Å². The van der Waals surface area contributed by atoms with Crippen molar-refractivity contribution in [1.82, 2.24) is 0 Å². The fraction of sp³-hybridized carbons (Fsp3) is 0.133. The number of aliphatic hydroxyl groups excluding tert-OH is 1. The van der Waals surface area contributed by atoms with Gasteiger partial charge in [0.2, 0.25) is 0 Å². The average Bonchev–Trinajstić information content (AvgIpc) is 2.40. The largest absolute Gasteiger partial charge is 0.508 e. The van der Waals surface area contributed by atoms with E-state index in [1.54, 1.807) is 30.3 Å². The van der Waals surface area contributed by atoms with Gasteiger partial charge in [-0.2, -0.15) is 0 Å². The van der Waals surface area contributed by atoms with Crippen LogP contribution in [0.15, 0.2) is 48.5 Å². The summed E-state index contributed by atoms with van der Waals surface area (Å²) < 4.78 is 0. The third kappa shape index (κ3) is 2.57. The minimum atomic E-state index is -0.0981. The van der Waals surface area contributed by atoms with Gasteiger partial charge in [0.05, 0.1) is 0 Å². The molecule has 0 saturated heterocycles. The number of rotatable bonds is 4. The second-order valence-electron chi connectivity index (χ2n) is 4.01. The summed E-state index contributed by atoms with van der Waals surface area (Å²) in [6.07, 6.45) is 0.350. The van der Waals surface area contributed by atoms with Crippen molar-refractivity contribution < 1.29 is 15.0 Å². The van der Waals surface area contributed by atoms with Crippen molar-refractivity contribution in [3.05, 3.63) is 65.2 Å². The number of hydrogen-bond donors (Lipinski definition) is 2. The van der Waals surface area contributed by atoms with Gasteiger partial charge in [0.1, 0.15) is 5.75 Å². The van der Waals surface area contributed by atoms with Gasteiger partial charge in [0.25, 0.3) is 0 Å². The zero-order valence-corrected chi connectivity index (χ0v) is 9.84. The lowest BCUT2D eigenvalue weighted by Crippen LogP contribution is -2.06. The van der Waals surface area contributed by atoms with E-state index in [0.29, 0.717) is 23.1 Å². The van der Waals surface area contributed by atoms with Crippen LogP contribution in [0.1, 0.15) is 21.5 Å². The monoisotopic (exact) mass is 242 g/mol. The topological polar surface area (TPSA) is 57.5 Å². The molecule has 3 heteroatoms. The van der Waals surface area contributed by atoms with Crippen molar-refractivity contribution in [2.75, 3.05) is 6.61 Å². The molecule has 92 valence electrons. The molecule has 0 aliphatic carbocycles. The highest BCUT2D eigenvalue weighted by Crippen LogP contribution is 2.20. The SMILES string of the molecule is O=C(c1ccccc1)c1ccc(O)cc1CCO. The van der Waals surface area contributed by atoms with Crippen molar-refractivity contribution in [3.63, 3.8) is 0 Å². The molecular weight excluding hydrogens is 228 g/mol. The van der Waals surface area contributed by atoms with E-state index in [1.807, 2.05) is 6.07 Å². The predicted molar refractivity (Wildman–Crippen MR) is 68.8 cm³/mol. The number of aromatic hydroxyl groups is 1. The Hall–Kier alpha value is -2.13. The fourth-order valence-electron chi connectivity index (χ4n) is 1.87. The zero-order chi connectivity index (χ0) is 13.0. The van der Waals surface area contributed by atoms with Crippen LogP contribution in [-0.2, 0) is 6.42 Å². The number of carbonyl (C=O) groups is 1. The molecule has 2 N–H and O–H groups in total. The Labute approximate surface area is 105 Å². The van der Waals surface area contributed by atoms with E-state index in [4.69, 9.17) is 5.11 Å². The minimum absolute atomic E-state index is 0.0570. The van der Waals surface area contributed by atoms with Gasteiger partial charge in [-0.1, -0.05) is 30.3 Å². The van der Waals surface area contributed by atoms with Crippen LogP contribution in [0.3, 0.4) is 0 Å². The Morgan fingerprint density at radius 1 is 1.06 bits per heavy atom. The Bertz CT molecular complexity index is 547. The van der Waals surface area contributed by atoms with Crippen LogP contribution in [-0.4, -0.2) is 22.6 Å². The normalized spacial score (nSPS) is 10.3. The summed E-state index contributed by atoms with van der Waals surface area (Å²) >= 11 is 0. The molecule has 0 aliphatic rings. The number of carbonyl (C=O) groups excluding carboxylic acids is 1. The predicted octanol–water partition coefficient (Wildman–Crippen LogP) is 2.16. The van der Waals surface area contributed by atoms with Gasteiger partial charge in [-0.3, -0.25) is 4.79 Å².